The van der Waals surface area contributed by atoms with Gasteiger partial charge in [-0.25, -0.2) is 19.8 Å². The van der Waals surface area contributed by atoms with Gasteiger partial charge in [0.25, 0.3) is 0 Å². The van der Waals surface area contributed by atoms with Gasteiger partial charge >= 0.3 is 12.2 Å². The van der Waals surface area contributed by atoms with Gasteiger partial charge in [0.1, 0.15) is 0 Å². The van der Waals surface area contributed by atoms with Gasteiger partial charge in [0.05, 0.1) is 16.7 Å². The maximum absolute atomic E-state index is 13.6. The molecule has 0 aliphatic carbocycles. The van der Waals surface area contributed by atoms with Crippen molar-refractivity contribution in [2.75, 3.05) is 17.1 Å². The standard InChI is InChI=1S/C17H13ClF3N5O/c1-25(26(16(22)27)11-8-6-10(18)7-9-11)15-14(17(19,20)21)23-12-4-2-3-5-13(12)24-15/h2-9H,1H3,(H2,22,27). The molecule has 2 N–H and O–H groups in total. The number of hydrogen-bond acceptors (Lipinski definition) is 4. The molecule has 2 aromatic carbocycles. The minimum atomic E-state index is -4.79. The second-order valence-corrected chi connectivity index (χ2v) is 5.97. The lowest BCUT2D eigenvalue weighted by atomic mass is 10.2. The van der Waals surface area contributed by atoms with Crippen LogP contribution in [0, 0.1) is 0 Å². The first-order valence-electron chi connectivity index (χ1n) is 7.61. The maximum Gasteiger partial charge on any atom is 0.437 e. The maximum atomic E-state index is 13.6. The third kappa shape index (κ3) is 3.72. The molecule has 27 heavy (non-hydrogen) atoms. The molecule has 1 aromatic heterocycles. The van der Waals surface area contributed by atoms with Crippen molar-refractivity contribution in [1.29, 1.82) is 0 Å². The fraction of sp³-hybridized carbons (Fsp3) is 0.118. The zero-order valence-corrected chi connectivity index (χ0v) is 14.7. The number of para-hydroxylation sites is 2. The van der Waals surface area contributed by atoms with Crippen molar-refractivity contribution in [2.45, 2.75) is 6.18 Å². The summed E-state index contributed by atoms with van der Waals surface area (Å²) in [5, 5.41) is 2.16. The predicted octanol–water partition coefficient (Wildman–Crippen LogP) is 4.24. The van der Waals surface area contributed by atoms with E-state index in [9.17, 15) is 18.0 Å². The van der Waals surface area contributed by atoms with Crippen LogP contribution < -0.4 is 15.8 Å². The van der Waals surface area contributed by atoms with Crippen LogP contribution >= 0.6 is 11.6 Å². The van der Waals surface area contributed by atoms with Crippen molar-refractivity contribution in [3.63, 3.8) is 0 Å². The summed E-state index contributed by atoms with van der Waals surface area (Å²) in [6.45, 7) is 0. The molecule has 0 radical (unpaired) electrons. The number of carbonyl (C=O) groups is 1. The van der Waals surface area contributed by atoms with Crippen molar-refractivity contribution in [2.24, 2.45) is 5.73 Å². The monoisotopic (exact) mass is 395 g/mol. The van der Waals surface area contributed by atoms with Crippen LogP contribution in [0.4, 0.5) is 29.5 Å². The number of halogens is 4. The summed E-state index contributed by atoms with van der Waals surface area (Å²) in [5.74, 6) is -0.560. The molecule has 0 aliphatic heterocycles. The summed E-state index contributed by atoms with van der Waals surface area (Å²) in [4.78, 5) is 19.7. The number of nitrogens with two attached hydrogens (primary N) is 1. The normalized spacial score (nSPS) is 11.4. The van der Waals surface area contributed by atoms with Gasteiger partial charge in [0.2, 0.25) is 0 Å². The largest absolute Gasteiger partial charge is 0.437 e. The Hall–Kier alpha value is -3.07. The highest BCUT2D eigenvalue weighted by Gasteiger charge is 2.39. The fourth-order valence-corrected chi connectivity index (χ4v) is 2.66. The highest BCUT2D eigenvalue weighted by atomic mass is 35.5. The van der Waals surface area contributed by atoms with E-state index in [1.54, 1.807) is 12.1 Å². The van der Waals surface area contributed by atoms with Gasteiger partial charge in [-0.05, 0) is 36.4 Å². The number of urea groups is 1. The quantitative estimate of drug-likeness (QED) is 0.673. The van der Waals surface area contributed by atoms with E-state index >= 15 is 0 Å². The van der Waals surface area contributed by atoms with Crippen LogP contribution in [0.15, 0.2) is 48.5 Å². The molecule has 140 valence electrons. The number of anilines is 2. The lowest BCUT2D eigenvalue weighted by Gasteiger charge is -2.32. The first kappa shape index (κ1) is 18.7. The van der Waals surface area contributed by atoms with Gasteiger partial charge in [0.15, 0.2) is 11.5 Å². The third-order valence-electron chi connectivity index (χ3n) is 3.71. The summed E-state index contributed by atoms with van der Waals surface area (Å²) in [6, 6.07) is 11.0. The number of hydrogen-bond donors (Lipinski definition) is 1. The van der Waals surface area contributed by atoms with Crippen LogP contribution in [0.5, 0.6) is 0 Å². The number of primary amides is 1. The van der Waals surface area contributed by atoms with Gasteiger partial charge in [-0.3, -0.25) is 5.01 Å². The summed E-state index contributed by atoms with van der Waals surface area (Å²) < 4.78 is 40.7. The fourth-order valence-electron chi connectivity index (χ4n) is 2.53. The van der Waals surface area contributed by atoms with Gasteiger partial charge in [0, 0.05) is 12.1 Å². The molecular weight excluding hydrogens is 383 g/mol. The topological polar surface area (TPSA) is 75.3 Å². The molecule has 1 heterocycles. The molecule has 0 atom stereocenters. The molecule has 0 spiro atoms. The van der Waals surface area contributed by atoms with Crippen LogP contribution in [0.2, 0.25) is 5.02 Å². The SMILES string of the molecule is CN(c1nc2ccccc2nc1C(F)(F)F)N(C(N)=O)c1ccc(Cl)cc1. The number of rotatable bonds is 3. The van der Waals surface area contributed by atoms with E-state index in [4.69, 9.17) is 17.3 Å². The van der Waals surface area contributed by atoms with Crippen molar-refractivity contribution in [3.05, 3.63) is 59.2 Å². The Morgan fingerprint density at radius 1 is 1.04 bits per heavy atom. The van der Waals surface area contributed by atoms with Gasteiger partial charge in [-0.15, -0.1) is 0 Å². The average molecular weight is 396 g/mol. The van der Waals surface area contributed by atoms with E-state index in [1.807, 2.05) is 0 Å². The summed E-state index contributed by atoms with van der Waals surface area (Å²) in [7, 11) is 1.24. The van der Waals surface area contributed by atoms with E-state index in [1.165, 1.54) is 43.4 Å². The number of nitrogens with zero attached hydrogens (tertiary/aromatic N) is 4. The molecule has 0 unspecified atom stereocenters. The Labute approximate surface area is 156 Å². The Balaban J connectivity index is 2.18. The Morgan fingerprint density at radius 2 is 1.59 bits per heavy atom. The number of alkyl halides is 3. The molecule has 0 saturated carbocycles. The second kappa shape index (κ2) is 6.92. The molecule has 0 saturated heterocycles. The van der Waals surface area contributed by atoms with Gasteiger partial charge < -0.3 is 5.73 Å². The molecule has 6 nitrogen and oxygen atoms in total. The summed E-state index contributed by atoms with van der Waals surface area (Å²) in [5.41, 5.74) is 4.71. The molecule has 0 aliphatic rings. The smallest absolute Gasteiger partial charge is 0.350 e. The Kier molecular flexibility index (Phi) is 4.79. The number of carbonyl (C=O) groups excluding carboxylic acids is 1. The number of amides is 2. The van der Waals surface area contributed by atoms with Gasteiger partial charge in [-0.2, -0.15) is 13.2 Å². The molecule has 0 fully saturated rings. The molecule has 2 amide bonds. The van der Waals surface area contributed by atoms with Crippen molar-refractivity contribution in [3.8, 4) is 0 Å². The van der Waals surface area contributed by atoms with Crippen LogP contribution in [0.3, 0.4) is 0 Å². The van der Waals surface area contributed by atoms with Crippen LogP contribution in [-0.4, -0.2) is 23.0 Å². The molecule has 3 aromatic rings. The van der Waals surface area contributed by atoms with Crippen LogP contribution in [-0.2, 0) is 6.18 Å². The first-order valence-corrected chi connectivity index (χ1v) is 7.99. The number of fused-ring (bicyclic) bond motifs is 1. The van der Waals surface area contributed by atoms with Crippen LogP contribution in [0.25, 0.3) is 11.0 Å². The zero-order valence-electron chi connectivity index (χ0n) is 13.9. The van der Waals surface area contributed by atoms with E-state index in [0.717, 1.165) is 10.0 Å². The molecule has 0 bridgehead atoms. The second-order valence-electron chi connectivity index (χ2n) is 5.53. The number of benzene rings is 2. The molecule has 10 heteroatoms. The summed E-state index contributed by atoms with van der Waals surface area (Å²) >= 11 is 5.82. The van der Waals surface area contributed by atoms with E-state index in [0.29, 0.717) is 5.02 Å². The molecular formula is C17H13ClF3N5O. The number of hydrazine groups is 1. The zero-order chi connectivity index (χ0) is 19.8. The van der Waals surface area contributed by atoms with E-state index in [-0.39, 0.29) is 16.7 Å². The lowest BCUT2D eigenvalue weighted by molar-refractivity contribution is -0.140. The highest BCUT2D eigenvalue weighted by molar-refractivity contribution is 6.30. The Morgan fingerprint density at radius 3 is 2.11 bits per heavy atom. The first-order chi connectivity index (χ1) is 12.7. The lowest BCUT2D eigenvalue weighted by Crippen LogP contribution is -2.48. The van der Waals surface area contributed by atoms with E-state index < -0.39 is 23.7 Å². The third-order valence-corrected chi connectivity index (χ3v) is 3.96. The van der Waals surface area contributed by atoms with Gasteiger partial charge in [-0.1, -0.05) is 23.7 Å². The van der Waals surface area contributed by atoms with Crippen molar-refractivity contribution < 1.29 is 18.0 Å². The number of aromatic nitrogens is 2. The highest BCUT2D eigenvalue weighted by Crippen LogP contribution is 2.36. The predicted molar refractivity (Wildman–Crippen MR) is 96.5 cm³/mol. The van der Waals surface area contributed by atoms with Crippen LogP contribution in [0.1, 0.15) is 5.69 Å². The summed E-state index contributed by atoms with van der Waals surface area (Å²) in [6.07, 6.45) is -4.79. The minimum absolute atomic E-state index is 0.0825. The van der Waals surface area contributed by atoms with Crippen molar-refractivity contribution in [1.82, 2.24) is 9.97 Å². The van der Waals surface area contributed by atoms with Crippen molar-refractivity contribution >= 4 is 40.2 Å². The van der Waals surface area contributed by atoms with E-state index in [2.05, 4.69) is 9.97 Å². The minimum Gasteiger partial charge on any atom is -0.350 e. The average Bonchev–Trinajstić information content (AvgIpc) is 2.61. The molecule has 3 rings (SSSR count). The Bertz CT molecular complexity index is 994.